The van der Waals surface area contributed by atoms with E-state index in [0.717, 1.165) is 11.1 Å². The lowest BCUT2D eigenvalue weighted by atomic mass is 10.1. The van der Waals surface area contributed by atoms with Gasteiger partial charge in [0.05, 0.1) is 21.3 Å². The first-order chi connectivity index (χ1) is 15.4. The highest BCUT2D eigenvalue weighted by atomic mass is 35.5. The van der Waals surface area contributed by atoms with E-state index < -0.39 is 0 Å². The van der Waals surface area contributed by atoms with Gasteiger partial charge in [0.2, 0.25) is 0 Å². The number of hydrogen-bond acceptors (Lipinski definition) is 5. The number of benzene rings is 3. The van der Waals surface area contributed by atoms with Crippen molar-refractivity contribution in [1.82, 2.24) is 5.32 Å². The molecule has 0 saturated carbocycles. The average Bonchev–Trinajstić information content (AvgIpc) is 2.81. The summed E-state index contributed by atoms with van der Waals surface area (Å²) in [5, 5.41) is 3.96. The molecule has 0 radical (unpaired) electrons. The molecule has 3 rings (SSSR count). The van der Waals surface area contributed by atoms with Gasteiger partial charge in [-0.25, -0.2) is 0 Å². The molecule has 8 heteroatoms. The highest BCUT2D eigenvalue weighted by Gasteiger charge is 2.13. The molecule has 0 spiro atoms. The van der Waals surface area contributed by atoms with Gasteiger partial charge in [-0.3, -0.25) is 4.79 Å². The average molecular weight is 476 g/mol. The molecule has 1 N–H and O–H groups in total. The minimum atomic E-state index is -0.245. The topological polar surface area (TPSA) is 66.0 Å². The molecule has 0 atom stereocenters. The Morgan fingerprint density at radius 1 is 0.812 bits per heavy atom. The van der Waals surface area contributed by atoms with Crippen LogP contribution in [-0.4, -0.2) is 27.2 Å². The van der Waals surface area contributed by atoms with Crippen LogP contribution in [0.4, 0.5) is 0 Å². The van der Waals surface area contributed by atoms with Crippen molar-refractivity contribution in [3.8, 4) is 23.0 Å². The Balaban J connectivity index is 1.66. The Kier molecular flexibility index (Phi) is 8.09. The highest BCUT2D eigenvalue weighted by Crippen LogP contribution is 2.31. The summed E-state index contributed by atoms with van der Waals surface area (Å²) in [6.45, 7) is 0.562. The van der Waals surface area contributed by atoms with Crippen molar-refractivity contribution < 1.29 is 23.7 Å². The van der Waals surface area contributed by atoms with E-state index in [1.807, 2.05) is 12.1 Å². The Morgan fingerprint density at radius 3 is 2.19 bits per heavy atom. The van der Waals surface area contributed by atoms with Crippen LogP contribution in [-0.2, 0) is 13.2 Å². The minimum absolute atomic E-state index is 0.233. The van der Waals surface area contributed by atoms with E-state index >= 15 is 0 Å². The molecular formula is C24H23Cl2NO5. The van der Waals surface area contributed by atoms with Crippen molar-refractivity contribution in [2.45, 2.75) is 13.2 Å². The van der Waals surface area contributed by atoms with Gasteiger partial charge in [0.15, 0.2) is 23.0 Å². The Hall–Kier alpha value is -3.09. The molecule has 1 amide bonds. The quantitative estimate of drug-likeness (QED) is 0.440. The summed E-state index contributed by atoms with van der Waals surface area (Å²) in [6.07, 6.45) is 0. The first kappa shape index (κ1) is 23.6. The standard InChI is InChI=1S/C24H23Cl2NO5/c1-29-20-8-4-15(10-22(20)30-2)13-27-24(28)16-6-9-21(23(11-16)31-3)32-14-17-5-7-18(25)12-19(17)26/h4-12H,13-14H2,1-3H3,(H,27,28). The van der Waals surface area contributed by atoms with Crippen molar-refractivity contribution in [2.75, 3.05) is 21.3 Å². The molecule has 0 aliphatic carbocycles. The highest BCUT2D eigenvalue weighted by molar-refractivity contribution is 6.35. The maximum Gasteiger partial charge on any atom is 0.251 e. The smallest absolute Gasteiger partial charge is 0.251 e. The summed E-state index contributed by atoms with van der Waals surface area (Å²) < 4.78 is 21.8. The van der Waals surface area contributed by atoms with Crippen LogP contribution < -0.4 is 24.3 Å². The Labute approximate surface area is 197 Å². The first-order valence-electron chi connectivity index (χ1n) is 9.69. The summed E-state index contributed by atoms with van der Waals surface area (Å²) in [6, 6.07) is 15.7. The SMILES string of the molecule is COc1ccc(CNC(=O)c2ccc(OCc3ccc(Cl)cc3Cl)c(OC)c2)cc1OC. The lowest BCUT2D eigenvalue weighted by molar-refractivity contribution is 0.0950. The molecule has 0 bridgehead atoms. The van der Waals surface area contributed by atoms with Gasteiger partial charge in [-0.05, 0) is 48.0 Å². The molecule has 0 unspecified atom stereocenters. The van der Waals surface area contributed by atoms with Crippen LogP contribution in [0.15, 0.2) is 54.6 Å². The first-order valence-corrected chi connectivity index (χ1v) is 10.4. The van der Waals surface area contributed by atoms with Crippen LogP contribution in [0.1, 0.15) is 21.5 Å². The van der Waals surface area contributed by atoms with Crippen LogP contribution >= 0.6 is 23.2 Å². The zero-order chi connectivity index (χ0) is 23.1. The van der Waals surface area contributed by atoms with Gasteiger partial charge in [0.1, 0.15) is 6.61 Å². The summed E-state index contributed by atoms with van der Waals surface area (Å²) in [7, 11) is 4.66. The molecule has 168 valence electrons. The van der Waals surface area contributed by atoms with E-state index in [4.69, 9.17) is 42.1 Å². The number of methoxy groups -OCH3 is 3. The van der Waals surface area contributed by atoms with E-state index in [1.54, 1.807) is 56.7 Å². The number of halogens is 2. The molecule has 0 aliphatic rings. The van der Waals surface area contributed by atoms with Crippen molar-refractivity contribution in [1.29, 1.82) is 0 Å². The van der Waals surface area contributed by atoms with Crippen LogP contribution in [0.25, 0.3) is 0 Å². The summed E-state index contributed by atoms with van der Waals surface area (Å²) >= 11 is 12.1. The summed E-state index contributed by atoms with van der Waals surface area (Å²) in [5.41, 5.74) is 2.11. The third-order valence-corrected chi connectivity index (χ3v) is 5.31. The minimum Gasteiger partial charge on any atom is -0.493 e. The normalized spacial score (nSPS) is 10.4. The number of ether oxygens (including phenoxy) is 4. The largest absolute Gasteiger partial charge is 0.493 e. The second kappa shape index (κ2) is 11.0. The fourth-order valence-corrected chi connectivity index (χ4v) is 3.46. The molecule has 0 saturated heterocycles. The number of carbonyl (C=O) groups is 1. The van der Waals surface area contributed by atoms with Crippen LogP contribution in [0.2, 0.25) is 10.0 Å². The second-order valence-corrected chi connectivity index (χ2v) is 7.61. The fourth-order valence-electron chi connectivity index (χ4n) is 3.00. The molecular weight excluding hydrogens is 453 g/mol. The zero-order valence-corrected chi connectivity index (χ0v) is 19.4. The number of rotatable bonds is 9. The molecule has 0 aromatic heterocycles. The zero-order valence-electron chi connectivity index (χ0n) is 17.9. The Bertz CT molecular complexity index is 1100. The van der Waals surface area contributed by atoms with Crippen molar-refractivity contribution in [3.05, 3.63) is 81.3 Å². The molecule has 32 heavy (non-hydrogen) atoms. The second-order valence-electron chi connectivity index (χ2n) is 6.76. The molecule has 6 nitrogen and oxygen atoms in total. The number of hydrogen-bond donors (Lipinski definition) is 1. The summed E-state index contributed by atoms with van der Waals surface area (Å²) in [4.78, 5) is 12.6. The number of carbonyl (C=O) groups excluding carboxylic acids is 1. The van der Waals surface area contributed by atoms with Crippen LogP contribution in [0.5, 0.6) is 23.0 Å². The van der Waals surface area contributed by atoms with Gasteiger partial charge in [-0.15, -0.1) is 0 Å². The van der Waals surface area contributed by atoms with E-state index in [2.05, 4.69) is 5.32 Å². The lowest BCUT2D eigenvalue weighted by Crippen LogP contribution is -2.22. The van der Waals surface area contributed by atoms with Gasteiger partial charge in [0.25, 0.3) is 5.91 Å². The van der Waals surface area contributed by atoms with Crippen LogP contribution in [0, 0.1) is 0 Å². The predicted octanol–water partition coefficient (Wildman–Crippen LogP) is 5.53. The summed E-state index contributed by atoms with van der Waals surface area (Å²) in [5.74, 6) is 1.92. The molecule has 0 heterocycles. The van der Waals surface area contributed by atoms with E-state index in [-0.39, 0.29) is 12.5 Å². The number of amides is 1. The van der Waals surface area contributed by atoms with Gasteiger partial charge >= 0.3 is 0 Å². The monoisotopic (exact) mass is 475 g/mol. The molecule has 0 aliphatic heterocycles. The van der Waals surface area contributed by atoms with Crippen molar-refractivity contribution in [2.24, 2.45) is 0 Å². The van der Waals surface area contributed by atoms with Crippen LogP contribution in [0.3, 0.4) is 0 Å². The predicted molar refractivity (Wildman–Crippen MR) is 125 cm³/mol. The maximum atomic E-state index is 12.6. The maximum absolute atomic E-state index is 12.6. The fraction of sp³-hybridized carbons (Fsp3) is 0.208. The molecule has 3 aromatic carbocycles. The van der Waals surface area contributed by atoms with Gasteiger partial charge < -0.3 is 24.3 Å². The van der Waals surface area contributed by atoms with Gasteiger partial charge in [0, 0.05) is 27.7 Å². The van der Waals surface area contributed by atoms with E-state index in [1.165, 1.54) is 7.11 Å². The number of nitrogens with one attached hydrogen (secondary N) is 1. The van der Waals surface area contributed by atoms with Gasteiger partial charge in [-0.2, -0.15) is 0 Å². The third-order valence-electron chi connectivity index (χ3n) is 4.73. The lowest BCUT2D eigenvalue weighted by Gasteiger charge is -2.13. The molecule has 0 fully saturated rings. The van der Waals surface area contributed by atoms with Crippen molar-refractivity contribution >= 4 is 29.1 Å². The van der Waals surface area contributed by atoms with Gasteiger partial charge in [-0.1, -0.05) is 35.3 Å². The van der Waals surface area contributed by atoms with E-state index in [0.29, 0.717) is 45.2 Å². The third kappa shape index (κ3) is 5.78. The van der Waals surface area contributed by atoms with Crippen molar-refractivity contribution in [3.63, 3.8) is 0 Å². The Morgan fingerprint density at radius 2 is 1.50 bits per heavy atom. The van der Waals surface area contributed by atoms with E-state index in [9.17, 15) is 4.79 Å². The molecule has 3 aromatic rings.